The number of nitrogens with zero attached hydrogens (tertiary/aromatic N) is 2. The number of likely N-dealkylation sites (tertiary alicyclic amines) is 1. The zero-order chi connectivity index (χ0) is 15.9. The molecule has 0 radical (unpaired) electrons. The van der Waals surface area contributed by atoms with E-state index < -0.39 is 0 Å². The minimum atomic E-state index is 0.883. The van der Waals surface area contributed by atoms with Crippen molar-refractivity contribution >= 4 is 11.9 Å². The van der Waals surface area contributed by atoms with Crippen molar-refractivity contribution in [2.75, 3.05) is 18.5 Å². The maximum absolute atomic E-state index is 4.32. The second-order valence-electron chi connectivity index (χ2n) is 6.44. The van der Waals surface area contributed by atoms with Crippen molar-refractivity contribution in [1.82, 2.24) is 4.90 Å². The average molecular weight is 307 g/mol. The Hall–Kier alpha value is -2.13. The summed E-state index contributed by atoms with van der Waals surface area (Å²) in [7, 11) is 0. The van der Waals surface area contributed by atoms with Crippen molar-refractivity contribution in [2.24, 2.45) is 11.0 Å². The van der Waals surface area contributed by atoms with Crippen LogP contribution in [0.25, 0.3) is 0 Å². The molecule has 0 amide bonds. The second kappa shape index (κ2) is 7.93. The SMILES string of the molecule is CC1CCN(Cc2cccc(C=NNc3ccccc3)c2)CC1. The number of hydrazone groups is 1. The van der Waals surface area contributed by atoms with E-state index in [4.69, 9.17) is 0 Å². The van der Waals surface area contributed by atoms with Crippen LogP contribution in [0.15, 0.2) is 59.7 Å². The normalized spacial score (nSPS) is 16.7. The van der Waals surface area contributed by atoms with Gasteiger partial charge in [0.15, 0.2) is 0 Å². The molecule has 0 saturated carbocycles. The molecule has 0 spiro atoms. The first kappa shape index (κ1) is 15.8. The highest BCUT2D eigenvalue weighted by atomic mass is 15.3. The Morgan fingerprint density at radius 3 is 2.65 bits per heavy atom. The van der Waals surface area contributed by atoms with Gasteiger partial charge in [0, 0.05) is 6.54 Å². The summed E-state index contributed by atoms with van der Waals surface area (Å²) in [6.07, 6.45) is 4.53. The van der Waals surface area contributed by atoms with Crippen molar-refractivity contribution in [3.8, 4) is 0 Å². The van der Waals surface area contributed by atoms with Gasteiger partial charge in [-0.25, -0.2) is 0 Å². The highest BCUT2D eigenvalue weighted by molar-refractivity contribution is 5.80. The zero-order valence-corrected chi connectivity index (χ0v) is 13.8. The fourth-order valence-corrected chi connectivity index (χ4v) is 2.94. The van der Waals surface area contributed by atoms with Crippen molar-refractivity contribution in [1.29, 1.82) is 0 Å². The van der Waals surface area contributed by atoms with Gasteiger partial charge in [-0.2, -0.15) is 5.10 Å². The van der Waals surface area contributed by atoms with Crippen LogP contribution in [-0.2, 0) is 6.54 Å². The highest BCUT2D eigenvalue weighted by Crippen LogP contribution is 2.18. The molecule has 1 fully saturated rings. The summed E-state index contributed by atoms with van der Waals surface area (Å²) in [5.41, 5.74) is 6.56. The van der Waals surface area contributed by atoms with Crippen LogP contribution in [0.5, 0.6) is 0 Å². The smallest absolute Gasteiger partial charge is 0.0561 e. The predicted molar refractivity (Wildman–Crippen MR) is 97.8 cm³/mol. The summed E-state index contributed by atoms with van der Waals surface area (Å²) in [6, 6.07) is 18.7. The minimum absolute atomic E-state index is 0.883. The van der Waals surface area contributed by atoms with Crippen LogP contribution in [0, 0.1) is 5.92 Å². The summed E-state index contributed by atoms with van der Waals surface area (Å²) in [5.74, 6) is 0.883. The summed E-state index contributed by atoms with van der Waals surface area (Å²) in [4.78, 5) is 2.55. The third-order valence-electron chi connectivity index (χ3n) is 4.41. The zero-order valence-electron chi connectivity index (χ0n) is 13.8. The van der Waals surface area contributed by atoms with Gasteiger partial charge >= 0.3 is 0 Å². The maximum Gasteiger partial charge on any atom is 0.0561 e. The molecule has 0 aliphatic carbocycles. The van der Waals surface area contributed by atoms with E-state index in [0.29, 0.717) is 0 Å². The molecule has 1 saturated heterocycles. The van der Waals surface area contributed by atoms with Gasteiger partial charge in [-0.1, -0.05) is 43.3 Å². The number of rotatable bonds is 5. The molecule has 120 valence electrons. The number of para-hydroxylation sites is 1. The molecule has 1 aliphatic heterocycles. The van der Waals surface area contributed by atoms with Gasteiger partial charge in [0.25, 0.3) is 0 Å². The lowest BCUT2D eigenvalue weighted by atomic mass is 9.99. The van der Waals surface area contributed by atoms with Crippen LogP contribution in [0.2, 0.25) is 0 Å². The first-order valence-electron chi connectivity index (χ1n) is 8.45. The van der Waals surface area contributed by atoms with E-state index in [1.807, 2.05) is 36.5 Å². The van der Waals surface area contributed by atoms with E-state index in [2.05, 4.69) is 46.6 Å². The molecule has 2 aromatic rings. The van der Waals surface area contributed by atoms with Gasteiger partial charge in [0.05, 0.1) is 11.9 Å². The molecule has 2 aromatic carbocycles. The largest absolute Gasteiger partial charge is 0.299 e. The summed E-state index contributed by atoms with van der Waals surface area (Å²) >= 11 is 0. The molecule has 3 rings (SSSR count). The summed E-state index contributed by atoms with van der Waals surface area (Å²) < 4.78 is 0. The molecule has 1 N–H and O–H groups in total. The Bertz CT molecular complexity index is 628. The van der Waals surface area contributed by atoms with Crippen LogP contribution >= 0.6 is 0 Å². The van der Waals surface area contributed by atoms with Crippen LogP contribution in [0.1, 0.15) is 30.9 Å². The van der Waals surface area contributed by atoms with Crippen molar-refractivity contribution < 1.29 is 0 Å². The van der Waals surface area contributed by atoms with Crippen molar-refractivity contribution in [3.63, 3.8) is 0 Å². The Kier molecular flexibility index (Phi) is 5.43. The summed E-state index contributed by atoms with van der Waals surface area (Å²) in [5, 5.41) is 4.32. The second-order valence-corrected chi connectivity index (χ2v) is 6.44. The standard InChI is InChI=1S/C20H25N3/c1-17-10-12-23(13-11-17)16-19-7-5-6-18(14-19)15-21-22-20-8-3-2-4-9-20/h2-9,14-15,17,22H,10-13,16H2,1H3. The van der Waals surface area contributed by atoms with Crippen LogP contribution < -0.4 is 5.43 Å². The molecular formula is C20H25N3. The Labute approximate surface area is 139 Å². The lowest BCUT2D eigenvalue weighted by Crippen LogP contribution is -2.32. The van der Waals surface area contributed by atoms with E-state index in [0.717, 1.165) is 23.7 Å². The quantitative estimate of drug-likeness (QED) is 0.656. The fourth-order valence-electron chi connectivity index (χ4n) is 2.94. The van der Waals surface area contributed by atoms with Crippen molar-refractivity contribution in [3.05, 3.63) is 65.7 Å². The lowest BCUT2D eigenvalue weighted by molar-refractivity contribution is 0.185. The maximum atomic E-state index is 4.32. The molecule has 0 aromatic heterocycles. The average Bonchev–Trinajstić information content (AvgIpc) is 2.58. The topological polar surface area (TPSA) is 27.6 Å². The fraction of sp³-hybridized carbons (Fsp3) is 0.350. The van der Waals surface area contributed by atoms with E-state index in [1.165, 1.54) is 31.5 Å². The first-order chi connectivity index (χ1) is 11.3. The molecular weight excluding hydrogens is 282 g/mol. The molecule has 0 bridgehead atoms. The van der Waals surface area contributed by atoms with E-state index in [-0.39, 0.29) is 0 Å². The van der Waals surface area contributed by atoms with E-state index in [9.17, 15) is 0 Å². The number of benzene rings is 2. The first-order valence-corrected chi connectivity index (χ1v) is 8.45. The molecule has 3 heteroatoms. The van der Waals surface area contributed by atoms with E-state index >= 15 is 0 Å². The Morgan fingerprint density at radius 1 is 1.09 bits per heavy atom. The van der Waals surface area contributed by atoms with Crippen LogP contribution in [0.3, 0.4) is 0 Å². The summed E-state index contributed by atoms with van der Waals surface area (Å²) in [6.45, 7) is 5.83. The molecule has 1 heterocycles. The number of nitrogens with one attached hydrogen (secondary N) is 1. The molecule has 3 nitrogen and oxygen atoms in total. The monoisotopic (exact) mass is 307 g/mol. The molecule has 0 unspecified atom stereocenters. The molecule has 0 atom stereocenters. The minimum Gasteiger partial charge on any atom is -0.299 e. The van der Waals surface area contributed by atoms with Crippen LogP contribution in [0.4, 0.5) is 5.69 Å². The van der Waals surface area contributed by atoms with Crippen molar-refractivity contribution in [2.45, 2.75) is 26.3 Å². The third-order valence-corrected chi connectivity index (χ3v) is 4.41. The van der Waals surface area contributed by atoms with Gasteiger partial charge in [-0.15, -0.1) is 0 Å². The number of anilines is 1. The number of piperidine rings is 1. The highest BCUT2D eigenvalue weighted by Gasteiger charge is 2.15. The van der Waals surface area contributed by atoms with Gasteiger partial charge < -0.3 is 0 Å². The molecule has 1 aliphatic rings. The predicted octanol–water partition coefficient (Wildman–Crippen LogP) is 4.36. The third kappa shape index (κ3) is 4.93. The number of hydrogen-bond donors (Lipinski definition) is 1. The lowest BCUT2D eigenvalue weighted by Gasteiger charge is -2.30. The van der Waals surface area contributed by atoms with Gasteiger partial charge in [-0.3, -0.25) is 10.3 Å². The molecule has 23 heavy (non-hydrogen) atoms. The Morgan fingerprint density at radius 2 is 1.87 bits per heavy atom. The van der Waals surface area contributed by atoms with Gasteiger partial charge in [0.2, 0.25) is 0 Å². The number of hydrogen-bond acceptors (Lipinski definition) is 3. The van der Waals surface area contributed by atoms with Gasteiger partial charge in [-0.05, 0) is 61.2 Å². The Balaban J connectivity index is 1.56. The van der Waals surface area contributed by atoms with Crippen LogP contribution in [-0.4, -0.2) is 24.2 Å². The van der Waals surface area contributed by atoms with Gasteiger partial charge in [0.1, 0.15) is 0 Å². The van der Waals surface area contributed by atoms with E-state index in [1.54, 1.807) is 0 Å².